The number of sulfone groups is 1. The van der Waals surface area contributed by atoms with Crippen molar-refractivity contribution in [1.29, 1.82) is 0 Å². The summed E-state index contributed by atoms with van der Waals surface area (Å²) in [4.78, 5) is 28.7. The van der Waals surface area contributed by atoms with E-state index in [0.29, 0.717) is 16.7 Å². The van der Waals surface area contributed by atoms with E-state index in [-0.39, 0.29) is 40.7 Å². The zero-order valence-corrected chi connectivity index (χ0v) is 17.3. The van der Waals surface area contributed by atoms with Crippen LogP contribution in [0.3, 0.4) is 0 Å². The van der Waals surface area contributed by atoms with Crippen molar-refractivity contribution in [1.82, 2.24) is 9.88 Å². The Labute approximate surface area is 181 Å². The fraction of sp³-hybridized carbons (Fsp3) is 0.125. The number of carboxylic acid groups (broad SMARTS) is 1. The van der Waals surface area contributed by atoms with E-state index in [1.54, 1.807) is 18.2 Å². The molecule has 3 rings (SSSR count). The van der Waals surface area contributed by atoms with Crippen LogP contribution in [0.25, 0.3) is 6.08 Å². The predicted octanol–water partition coefficient (Wildman–Crippen LogP) is -3.89. The first kappa shape index (κ1) is 21.8. The SMILES string of the molecule is O=C(O)C1=C(/C=C/C([O-])=NO)CS(=O)(=O)[C@@H]2/C(=C/c3ccccn3)C(=O)N12.[Na+]. The second kappa shape index (κ2) is 8.27. The van der Waals surface area contributed by atoms with Crippen LogP contribution in [0.1, 0.15) is 5.69 Å². The third kappa shape index (κ3) is 3.87. The van der Waals surface area contributed by atoms with Crippen LogP contribution in [-0.4, -0.2) is 57.5 Å². The molecule has 1 aromatic rings. The fourth-order valence-corrected chi connectivity index (χ4v) is 4.74. The molecule has 2 aliphatic heterocycles. The van der Waals surface area contributed by atoms with Crippen molar-refractivity contribution < 1.29 is 63.0 Å². The van der Waals surface area contributed by atoms with E-state index in [9.17, 15) is 28.2 Å². The summed E-state index contributed by atoms with van der Waals surface area (Å²) in [6, 6.07) is 4.88. The van der Waals surface area contributed by atoms with Gasteiger partial charge in [0.2, 0.25) is 0 Å². The predicted molar refractivity (Wildman–Crippen MR) is 89.7 cm³/mol. The van der Waals surface area contributed by atoms with Crippen molar-refractivity contribution in [2.45, 2.75) is 5.37 Å². The number of pyridine rings is 1. The molecule has 0 aliphatic carbocycles. The molecule has 1 fully saturated rings. The number of rotatable bonds is 4. The second-order valence-corrected chi connectivity index (χ2v) is 7.70. The molecule has 1 aromatic heterocycles. The second-order valence-electron chi connectivity index (χ2n) is 5.64. The number of amides is 1. The maximum atomic E-state index is 12.6. The van der Waals surface area contributed by atoms with Gasteiger partial charge in [-0.2, -0.15) is 0 Å². The topological polar surface area (TPSA) is 160 Å². The Morgan fingerprint density at radius 2 is 2.11 bits per heavy atom. The molecular weight excluding hydrogens is 401 g/mol. The zero-order chi connectivity index (χ0) is 19.8. The van der Waals surface area contributed by atoms with Crippen molar-refractivity contribution in [3.05, 3.63) is 59.1 Å². The van der Waals surface area contributed by atoms with Crippen LogP contribution in [0, 0.1) is 0 Å². The maximum absolute atomic E-state index is 12.6. The number of hydrogen-bond donors (Lipinski definition) is 2. The van der Waals surface area contributed by atoms with E-state index in [4.69, 9.17) is 5.21 Å². The Morgan fingerprint density at radius 1 is 1.39 bits per heavy atom. The van der Waals surface area contributed by atoms with Gasteiger partial charge in [-0.25, -0.2) is 13.2 Å². The Morgan fingerprint density at radius 3 is 2.68 bits per heavy atom. The van der Waals surface area contributed by atoms with Crippen LogP contribution in [0.4, 0.5) is 0 Å². The number of aliphatic carboxylic acids is 1. The number of allylic oxidation sites excluding steroid dienone is 1. The minimum Gasteiger partial charge on any atom is -0.856 e. The quantitative estimate of drug-likeness (QED) is 0.0964. The summed E-state index contributed by atoms with van der Waals surface area (Å²) >= 11 is 0. The average molecular weight is 413 g/mol. The molecule has 0 spiro atoms. The maximum Gasteiger partial charge on any atom is 1.00 e. The van der Waals surface area contributed by atoms with E-state index in [0.717, 1.165) is 6.08 Å². The largest absolute Gasteiger partial charge is 1.00 e. The van der Waals surface area contributed by atoms with Gasteiger partial charge in [0.1, 0.15) is 5.70 Å². The molecule has 10 nitrogen and oxygen atoms in total. The van der Waals surface area contributed by atoms with Gasteiger partial charge in [-0.15, -0.1) is 5.16 Å². The number of nitrogens with zero attached hydrogens (tertiary/aromatic N) is 3. The van der Waals surface area contributed by atoms with Crippen molar-refractivity contribution in [3.63, 3.8) is 0 Å². The number of β-lactam (4-membered cyclic amide) rings is 1. The van der Waals surface area contributed by atoms with Crippen LogP contribution in [0.5, 0.6) is 0 Å². The molecule has 0 bridgehead atoms. The molecule has 0 aromatic carbocycles. The summed E-state index contributed by atoms with van der Waals surface area (Å²) in [6.07, 6.45) is 4.39. The van der Waals surface area contributed by atoms with Crippen molar-refractivity contribution in [3.8, 4) is 0 Å². The van der Waals surface area contributed by atoms with Gasteiger partial charge in [0.05, 0.1) is 17.0 Å². The van der Waals surface area contributed by atoms with Gasteiger partial charge in [-0.05, 0) is 29.9 Å². The molecule has 0 saturated carbocycles. The molecule has 2 aliphatic rings. The standard InChI is InChI=1S/C16H13N3O7S.Na/c20-12(18-24)5-4-9-8-27(25,26)15-11(7-10-3-1-2-6-17-10)14(21)19(15)13(9)16(22)23;/h1-7,15,24H,8H2,(H,18,20)(H,22,23);/q;+1/p-1/b5-4+,11-7+;/t15-;/m1./s1. The first-order valence-electron chi connectivity index (χ1n) is 7.47. The summed E-state index contributed by atoms with van der Waals surface area (Å²) in [5, 5.41) is 29.8. The number of carbonyl (C=O) groups excluding carboxylic acids is 1. The molecule has 1 saturated heterocycles. The van der Waals surface area contributed by atoms with E-state index >= 15 is 0 Å². The number of oxime groups is 1. The molecule has 2 N–H and O–H groups in total. The molecule has 140 valence electrons. The first-order valence-corrected chi connectivity index (χ1v) is 9.19. The van der Waals surface area contributed by atoms with E-state index in [1.807, 2.05) is 0 Å². The summed E-state index contributed by atoms with van der Waals surface area (Å²) in [5.41, 5.74) is -0.532. The minimum absolute atomic E-state index is 0. The van der Waals surface area contributed by atoms with E-state index < -0.39 is 44.4 Å². The summed E-state index contributed by atoms with van der Waals surface area (Å²) in [5.74, 6) is -4.10. The Kier molecular flexibility index (Phi) is 6.44. The van der Waals surface area contributed by atoms with E-state index in [2.05, 4.69) is 10.1 Å². The molecule has 0 unspecified atom stereocenters. The van der Waals surface area contributed by atoms with Crippen LogP contribution in [0.15, 0.2) is 58.5 Å². The van der Waals surface area contributed by atoms with E-state index in [1.165, 1.54) is 12.3 Å². The number of fused-ring (bicyclic) bond motifs is 1. The van der Waals surface area contributed by atoms with Gasteiger partial charge >= 0.3 is 35.5 Å². The number of aromatic nitrogens is 1. The number of hydrogen-bond acceptors (Lipinski definition) is 8. The molecule has 12 heteroatoms. The van der Waals surface area contributed by atoms with Gasteiger partial charge in [0.25, 0.3) is 5.91 Å². The van der Waals surface area contributed by atoms with Crippen molar-refractivity contribution in [2.24, 2.45) is 5.16 Å². The van der Waals surface area contributed by atoms with Crippen LogP contribution in [-0.2, 0) is 19.4 Å². The zero-order valence-electron chi connectivity index (χ0n) is 14.5. The van der Waals surface area contributed by atoms with Gasteiger partial charge in [0.15, 0.2) is 15.2 Å². The fourth-order valence-electron chi connectivity index (χ4n) is 2.84. The Bertz CT molecular complexity index is 1050. The monoisotopic (exact) mass is 413 g/mol. The Hall–Kier alpha value is -2.47. The van der Waals surface area contributed by atoms with Crippen LogP contribution < -0.4 is 34.7 Å². The summed E-state index contributed by atoms with van der Waals surface area (Å²) < 4.78 is 25.2. The summed E-state index contributed by atoms with van der Waals surface area (Å²) in [7, 11) is -3.96. The number of carbonyl (C=O) groups is 2. The summed E-state index contributed by atoms with van der Waals surface area (Å²) in [6.45, 7) is 0. The van der Waals surface area contributed by atoms with Crippen LogP contribution in [0.2, 0.25) is 0 Å². The molecule has 28 heavy (non-hydrogen) atoms. The molecule has 1 atom stereocenters. The van der Waals surface area contributed by atoms with Crippen LogP contribution >= 0.6 is 0 Å². The third-order valence-electron chi connectivity index (χ3n) is 3.93. The first-order chi connectivity index (χ1) is 12.8. The third-order valence-corrected chi connectivity index (χ3v) is 5.79. The average Bonchev–Trinajstić information content (AvgIpc) is 2.63. The van der Waals surface area contributed by atoms with Crippen molar-refractivity contribution >= 4 is 33.7 Å². The normalized spacial score (nSPS) is 22.6. The smallest absolute Gasteiger partial charge is 0.856 e. The molecule has 1 amide bonds. The van der Waals surface area contributed by atoms with Gasteiger partial charge in [-0.1, -0.05) is 12.1 Å². The Balaban J connectivity index is 0.00000280. The minimum atomic E-state index is -3.96. The van der Waals surface area contributed by atoms with Gasteiger partial charge in [0, 0.05) is 12.1 Å². The van der Waals surface area contributed by atoms with Gasteiger partial charge in [-0.3, -0.25) is 14.7 Å². The molecule has 0 radical (unpaired) electrons. The van der Waals surface area contributed by atoms with Crippen molar-refractivity contribution in [2.75, 3.05) is 5.75 Å². The molecular formula is C16H12N3NaO7S. The number of carboxylic acids is 1. The molecule has 3 heterocycles. The van der Waals surface area contributed by atoms with Gasteiger partial charge < -0.3 is 15.4 Å².